The van der Waals surface area contributed by atoms with Gasteiger partial charge in [-0.2, -0.15) is 0 Å². The van der Waals surface area contributed by atoms with Gasteiger partial charge in [0.25, 0.3) is 0 Å². The molecule has 88 valence electrons. The number of nitrogen functional groups attached to an aromatic ring is 1. The summed E-state index contributed by atoms with van der Waals surface area (Å²) in [5, 5.41) is 2.68. The molecule has 0 atom stereocenters. The van der Waals surface area contributed by atoms with Crippen LogP contribution >= 0.6 is 11.3 Å². The van der Waals surface area contributed by atoms with Crippen molar-refractivity contribution in [3.8, 4) is 0 Å². The number of benzene rings is 1. The van der Waals surface area contributed by atoms with E-state index in [-0.39, 0.29) is 0 Å². The molecule has 0 spiro atoms. The minimum absolute atomic E-state index is 0.439. The number of thiophene rings is 1. The molecule has 0 bridgehead atoms. The van der Waals surface area contributed by atoms with Crippen molar-refractivity contribution in [2.45, 2.75) is 26.7 Å². The molecule has 2 N–H and O–H groups in total. The summed E-state index contributed by atoms with van der Waals surface area (Å²) < 4.78 is 4.54. The lowest BCUT2D eigenvalue weighted by Gasteiger charge is -2.09. The molecule has 0 radical (unpaired) electrons. The van der Waals surface area contributed by atoms with Gasteiger partial charge < -0.3 is 5.84 Å². The molecule has 0 saturated heterocycles. The molecule has 0 fully saturated rings. The Labute approximate surface area is 105 Å². The van der Waals surface area contributed by atoms with E-state index in [1.165, 1.54) is 31.6 Å². The summed E-state index contributed by atoms with van der Waals surface area (Å²) in [7, 11) is 0. The zero-order chi connectivity index (χ0) is 12.2. The van der Waals surface area contributed by atoms with Crippen LogP contribution in [0.4, 0.5) is 0 Å². The first-order chi connectivity index (χ1) is 8.11. The number of hydrogen-bond donors (Lipinski definition) is 1. The van der Waals surface area contributed by atoms with E-state index in [2.05, 4.69) is 45.0 Å². The molecule has 0 unspecified atom stereocenters. The molecule has 3 aromatic rings. The number of aromatic nitrogens is 1. The highest BCUT2D eigenvalue weighted by Gasteiger charge is 2.19. The summed E-state index contributed by atoms with van der Waals surface area (Å²) >= 11 is 1.84. The summed E-state index contributed by atoms with van der Waals surface area (Å²) in [6.45, 7) is 6.50. The smallest absolute Gasteiger partial charge is 0.0585 e. The fraction of sp³-hybridized carbons (Fsp3) is 0.286. The van der Waals surface area contributed by atoms with Gasteiger partial charge in [0.1, 0.15) is 0 Å². The third kappa shape index (κ3) is 1.32. The predicted molar refractivity (Wildman–Crippen MR) is 76.3 cm³/mol. The summed E-state index contributed by atoms with van der Waals surface area (Å²) in [4.78, 5) is 0. The van der Waals surface area contributed by atoms with Crippen LogP contribution in [0, 0.1) is 6.92 Å². The number of nitrogens with zero attached hydrogens (tertiary/aromatic N) is 1. The molecule has 0 aliphatic heterocycles. The SMILES string of the molecule is Cc1c2sc3ccccc3c2c(C(C)C)n1N. The maximum atomic E-state index is 6.18. The van der Waals surface area contributed by atoms with Crippen LogP contribution in [0.1, 0.15) is 31.2 Å². The van der Waals surface area contributed by atoms with Crippen molar-refractivity contribution >= 4 is 31.5 Å². The van der Waals surface area contributed by atoms with Crippen molar-refractivity contribution in [2.75, 3.05) is 5.84 Å². The Morgan fingerprint density at radius 1 is 1.24 bits per heavy atom. The van der Waals surface area contributed by atoms with Crippen LogP contribution in [-0.2, 0) is 0 Å². The van der Waals surface area contributed by atoms with E-state index in [0.29, 0.717) is 5.92 Å². The van der Waals surface area contributed by atoms with Crippen LogP contribution in [0.15, 0.2) is 24.3 Å². The van der Waals surface area contributed by atoms with Crippen molar-refractivity contribution in [1.82, 2.24) is 4.68 Å². The second kappa shape index (κ2) is 3.50. The largest absolute Gasteiger partial charge is 0.339 e. The Morgan fingerprint density at radius 3 is 2.65 bits per heavy atom. The van der Waals surface area contributed by atoms with Gasteiger partial charge in [0.05, 0.1) is 16.1 Å². The van der Waals surface area contributed by atoms with Gasteiger partial charge >= 0.3 is 0 Å². The normalized spacial score (nSPS) is 12.0. The lowest BCUT2D eigenvalue weighted by atomic mass is 10.1. The molecule has 3 heteroatoms. The Morgan fingerprint density at radius 2 is 1.94 bits per heavy atom. The van der Waals surface area contributed by atoms with Crippen molar-refractivity contribution in [1.29, 1.82) is 0 Å². The van der Waals surface area contributed by atoms with E-state index in [1.807, 2.05) is 16.0 Å². The first-order valence-electron chi connectivity index (χ1n) is 5.88. The van der Waals surface area contributed by atoms with Crippen LogP contribution < -0.4 is 5.84 Å². The number of hydrogen-bond acceptors (Lipinski definition) is 2. The second-order valence-corrected chi connectivity index (χ2v) is 5.85. The lowest BCUT2D eigenvalue weighted by Crippen LogP contribution is -2.14. The molecular weight excluding hydrogens is 228 g/mol. The molecular formula is C14H16N2S. The first-order valence-corrected chi connectivity index (χ1v) is 6.70. The highest BCUT2D eigenvalue weighted by Crippen LogP contribution is 2.40. The quantitative estimate of drug-likeness (QED) is 0.644. The minimum Gasteiger partial charge on any atom is -0.339 e. The monoisotopic (exact) mass is 244 g/mol. The topological polar surface area (TPSA) is 30.9 Å². The summed E-state index contributed by atoms with van der Waals surface area (Å²) in [6.07, 6.45) is 0. The molecule has 0 aliphatic rings. The van der Waals surface area contributed by atoms with E-state index < -0.39 is 0 Å². The number of fused-ring (bicyclic) bond motifs is 3. The van der Waals surface area contributed by atoms with Gasteiger partial charge in [0, 0.05) is 15.5 Å². The van der Waals surface area contributed by atoms with Gasteiger partial charge in [-0.25, -0.2) is 0 Å². The predicted octanol–water partition coefficient (Wildman–Crippen LogP) is 4.00. The highest BCUT2D eigenvalue weighted by atomic mass is 32.1. The summed E-state index contributed by atoms with van der Waals surface area (Å²) in [5.74, 6) is 6.61. The fourth-order valence-corrected chi connectivity index (χ4v) is 3.74. The zero-order valence-corrected chi connectivity index (χ0v) is 11.1. The van der Waals surface area contributed by atoms with Crippen LogP contribution in [0.25, 0.3) is 20.2 Å². The number of aryl methyl sites for hydroxylation is 1. The summed E-state index contributed by atoms with van der Waals surface area (Å²) in [6, 6.07) is 8.57. The molecule has 2 aromatic heterocycles. The Balaban J connectivity index is 2.57. The van der Waals surface area contributed by atoms with Crippen molar-refractivity contribution in [3.63, 3.8) is 0 Å². The van der Waals surface area contributed by atoms with Crippen molar-refractivity contribution in [3.05, 3.63) is 35.7 Å². The van der Waals surface area contributed by atoms with Crippen LogP contribution in [-0.4, -0.2) is 4.68 Å². The van der Waals surface area contributed by atoms with Crippen LogP contribution in [0.5, 0.6) is 0 Å². The lowest BCUT2D eigenvalue weighted by molar-refractivity contribution is 0.765. The van der Waals surface area contributed by atoms with Gasteiger partial charge in [0.2, 0.25) is 0 Å². The van der Waals surface area contributed by atoms with Gasteiger partial charge in [0.15, 0.2) is 0 Å². The molecule has 2 nitrogen and oxygen atoms in total. The van der Waals surface area contributed by atoms with Crippen molar-refractivity contribution in [2.24, 2.45) is 0 Å². The number of nitrogens with two attached hydrogens (primary N) is 1. The third-order valence-corrected chi connectivity index (χ3v) is 4.63. The van der Waals surface area contributed by atoms with Crippen molar-refractivity contribution < 1.29 is 0 Å². The fourth-order valence-electron chi connectivity index (χ4n) is 2.53. The molecule has 0 saturated carbocycles. The summed E-state index contributed by atoms with van der Waals surface area (Å²) in [5.41, 5.74) is 2.42. The average Bonchev–Trinajstić information content (AvgIpc) is 2.77. The highest BCUT2D eigenvalue weighted by molar-refractivity contribution is 7.26. The van der Waals surface area contributed by atoms with E-state index in [1.54, 1.807) is 0 Å². The van der Waals surface area contributed by atoms with Crippen LogP contribution in [0.3, 0.4) is 0 Å². The average molecular weight is 244 g/mol. The Bertz CT molecular complexity index is 704. The molecule has 3 rings (SSSR count). The number of rotatable bonds is 1. The molecule has 17 heavy (non-hydrogen) atoms. The van der Waals surface area contributed by atoms with E-state index in [9.17, 15) is 0 Å². The van der Waals surface area contributed by atoms with Crippen LogP contribution in [0.2, 0.25) is 0 Å². The molecule has 2 heterocycles. The van der Waals surface area contributed by atoms with Gasteiger partial charge in [-0.05, 0) is 18.9 Å². The maximum Gasteiger partial charge on any atom is 0.0585 e. The van der Waals surface area contributed by atoms with E-state index >= 15 is 0 Å². The maximum absolute atomic E-state index is 6.18. The standard InChI is InChI=1S/C14H16N2S/c1-8(2)13-12-10-6-4-5-7-11(10)17-14(12)9(3)16(13)15/h4-8H,15H2,1-3H3. The molecule has 0 aliphatic carbocycles. The second-order valence-electron chi connectivity index (χ2n) is 4.80. The van der Waals surface area contributed by atoms with E-state index in [0.717, 1.165) is 0 Å². The minimum atomic E-state index is 0.439. The third-order valence-electron chi connectivity index (χ3n) is 3.35. The molecule has 1 aromatic carbocycles. The van der Waals surface area contributed by atoms with Gasteiger partial charge in [-0.1, -0.05) is 32.0 Å². The van der Waals surface area contributed by atoms with E-state index in [4.69, 9.17) is 5.84 Å². The Hall–Kier alpha value is -1.48. The van der Waals surface area contributed by atoms with Gasteiger partial charge in [-0.3, -0.25) is 4.68 Å². The first kappa shape index (κ1) is 10.7. The molecule has 0 amide bonds. The zero-order valence-electron chi connectivity index (χ0n) is 10.3. The Kier molecular flexibility index (Phi) is 2.20. The van der Waals surface area contributed by atoms with Gasteiger partial charge in [-0.15, -0.1) is 11.3 Å².